The number of aliphatic imine (C=N–C) groups is 1. The Labute approximate surface area is 188 Å². The third-order valence-electron chi connectivity index (χ3n) is 4.32. The van der Waals surface area contributed by atoms with Gasteiger partial charge in [0.2, 0.25) is 0 Å². The second-order valence-electron chi connectivity index (χ2n) is 7.01. The maximum absolute atomic E-state index is 14.9. The van der Waals surface area contributed by atoms with Crippen LogP contribution in [0, 0.1) is 5.82 Å². The summed E-state index contributed by atoms with van der Waals surface area (Å²) in [5.41, 5.74) is -1.05. The lowest BCUT2D eigenvalue weighted by Gasteiger charge is -2.19. The number of halogens is 1. The van der Waals surface area contributed by atoms with Crippen LogP contribution < -0.4 is 20.5 Å². The molecule has 2 rings (SSSR count). The third kappa shape index (κ3) is 5.61. The van der Waals surface area contributed by atoms with Crippen LogP contribution in [0.5, 0.6) is 5.75 Å². The van der Waals surface area contributed by atoms with Gasteiger partial charge in [-0.2, -0.15) is 0 Å². The van der Waals surface area contributed by atoms with Crippen molar-refractivity contribution >= 4 is 52.1 Å². The van der Waals surface area contributed by atoms with Crippen LogP contribution in [0.2, 0.25) is 0 Å². The van der Waals surface area contributed by atoms with Gasteiger partial charge in [-0.25, -0.2) is 4.39 Å². The van der Waals surface area contributed by atoms with Crippen LogP contribution in [-0.2, 0) is 10.4 Å². The first-order valence-corrected chi connectivity index (χ1v) is 11.1. The minimum Gasteiger partial charge on any atom is -0.494 e. The summed E-state index contributed by atoms with van der Waals surface area (Å²) in [7, 11) is 2.80. The summed E-state index contributed by atoms with van der Waals surface area (Å²) >= 11 is 2.13. The predicted molar refractivity (Wildman–Crippen MR) is 125 cm³/mol. The van der Waals surface area contributed by atoms with E-state index in [1.54, 1.807) is 32.0 Å². The summed E-state index contributed by atoms with van der Waals surface area (Å²) in [6.07, 6.45) is 0. The maximum Gasteiger partial charge on any atom is 0.256 e. The molecule has 166 valence electrons. The molecule has 1 aromatic carbocycles. The average molecular weight is 465 g/mol. The number of carbonyl (C=O) groups is 2. The Hall–Kier alpha value is -2.49. The summed E-state index contributed by atoms with van der Waals surface area (Å²) in [5, 5.41) is 13.8. The molecule has 0 saturated carbocycles. The molecule has 0 aliphatic heterocycles. The molecule has 0 radical (unpaired) electrons. The number of rotatable bonds is 8. The molecule has 2 aromatic rings. The number of likely N-dealkylation sites (N-methyl/N-ethyl adjacent to an activating group) is 1. The van der Waals surface area contributed by atoms with Crippen molar-refractivity contribution in [3.05, 3.63) is 50.3 Å². The molecule has 31 heavy (non-hydrogen) atoms. The Balaban J connectivity index is 2.38. The zero-order valence-corrected chi connectivity index (χ0v) is 19.7. The second kappa shape index (κ2) is 10.2. The van der Waals surface area contributed by atoms with E-state index < -0.39 is 17.3 Å². The SMILES string of the molecule is C=c1ccc(OC)c(F)/c1=C(/N=C(C)C)SCC(=O)c1ccc(C(C)(O)C(=O)NC)s1. The minimum absolute atomic E-state index is 0.00965. The summed E-state index contributed by atoms with van der Waals surface area (Å²) in [4.78, 5) is 29.8. The summed E-state index contributed by atoms with van der Waals surface area (Å²) in [5.74, 6) is -1.33. The molecule has 1 unspecified atom stereocenters. The van der Waals surface area contributed by atoms with Crippen LogP contribution in [0.4, 0.5) is 4.39 Å². The highest BCUT2D eigenvalue weighted by Crippen LogP contribution is 2.30. The van der Waals surface area contributed by atoms with Crippen molar-refractivity contribution in [2.24, 2.45) is 4.99 Å². The van der Waals surface area contributed by atoms with Gasteiger partial charge in [-0.05, 0) is 44.2 Å². The fourth-order valence-corrected chi connectivity index (χ4v) is 4.77. The normalized spacial score (nSPS) is 13.8. The maximum atomic E-state index is 14.9. The van der Waals surface area contributed by atoms with E-state index in [1.165, 1.54) is 27.1 Å². The Morgan fingerprint density at radius 2 is 2.00 bits per heavy atom. The second-order valence-corrected chi connectivity index (χ2v) is 9.06. The van der Waals surface area contributed by atoms with Crippen molar-refractivity contribution < 1.29 is 23.8 Å². The van der Waals surface area contributed by atoms with Gasteiger partial charge in [0.25, 0.3) is 5.91 Å². The fourth-order valence-electron chi connectivity index (χ4n) is 2.66. The molecule has 9 heteroatoms. The first-order chi connectivity index (χ1) is 14.5. The van der Waals surface area contributed by atoms with Crippen molar-refractivity contribution in [2.75, 3.05) is 19.9 Å². The van der Waals surface area contributed by atoms with Crippen molar-refractivity contribution in [1.29, 1.82) is 0 Å². The largest absolute Gasteiger partial charge is 0.494 e. The molecule has 0 aliphatic rings. The van der Waals surface area contributed by atoms with Crippen LogP contribution in [-0.4, -0.2) is 42.4 Å². The van der Waals surface area contributed by atoms with E-state index in [-0.39, 0.29) is 22.5 Å². The van der Waals surface area contributed by atoms with E-state index >= 15 is 0 Å². The number of ether oxygens (including phenoxy) is 1. The molecular weight excluding hydrogens is 439 g/mol. The molecule has 1 heterocycles. The van der Waals surface area contributed by atoms with Crippen LogP contribution in [0.15, 0.2) is 29.3 Å². The van der Waals surface area contributed by atoms with E-state index in [2.05, 4.69) is 16.9 Å². The van der Waals surface area contributed by atoms with Gasteiger partial charge >= 0.3 is 0 Å². The van der Waals surface area contributed by atoms with E-state index in [0.717, 1.165) is 23.1 Å². The lowest BCUT2D eigenvalue weighted by Crippen LogP contribution is -2.39. The van der Waals surface area contributed by atoms with Crippen LogP contribution in [0.3, 0.4) is 0 Å². The molecule has 2 N–H and O–H groups in total. The van der Waals surface area contributed by atoms with Crippen molar-refractivity contribution in [2.45, 2.75) is 26.4 Å². The van der Waals surface area contributed by atoms with E-state index in [0.29, 0.717) is 25.7 Å². The zero-order chi connectivity index (χ0) is 23.3. The number of carbonyl (C=O) groups excluding carboxylic acids is 2. The molecule has 0 aliphatic carbocycles. The number of thiophene rings is 1. The number of thioether (sulfide) groups is 1. The van der Waals surface area contributed by atoms with Crippen molar-refractivity contribution in [1.82, 2.24) is 5.32 Å². The van der Waals surface area contributed by atoms with E-state index in [1.807, 2.05) is 0 Å². The molecule has 1 aromatic heterocycles. The molecule has 6 nitrogen and oxygen atoms in total. The number of amides is 1. The quantitative estimate of drug-likeness (QED) is 0.463. The molecule has 0 bridgehead atoms. The Kier molecular flexibility index (Phi) is 8.16. The fraction of sp³-hybridized carbons (Fsp3) is 0.318. The summed E-state index contributed by atoms with van der Waals surface area (Å²) in [6.45, 7) is 8.79. The lowest BCUT2D eigenvalue weighted by atomic mass is 10.0. The van der Waals surface area contributed by atoms with Gasteiger partial charge in [0, 0.05) is 17.6 Å². The number of methoxy groups -OCH3 is 1. The monoisotopic (exact) mass is 464 g/mol. The average Bonchev–Trinajstić information content (AvgIpc) is 3.22. The number of aliphatic hydroxyl groups is 1. The van der Waals surface area contributed by atoms with Gasteiger partial charge in [0.15, 0.2) is 23.0 Å². The van der Waals surface area contributed by atoms with Crippen LogP contribution >= 0.6 is 23.1 Å². The van der Waals surface area contributed by atoms with E-state index in [4.69, 9.17) is 4.74 Å². The summed E-state index contributed by atoms with van der Waals surface area (Å²) in [6, 6.07) is 6.23. The Bertz CT molecular complexity index is 1130. The molecule has 0 fully saturated rings. The van der Waals surface area contributed by atoms with Gasteiger partial charge in [-0.1, -0.05) is 24.4 Å². The van der Waals surface area contributed by atoms with Crippen molar-refractivity contribution in [3.8, 4) is 5.75 Å². The van der Waals surface area contributed by atoms with Gasteiger partial charge in [0.1, 0.15) is 5.03 Å². The predicted octanol–water partition coefficient (Wildman–Crippen LogP) is 2.42. The van der Waals surface area contributed by atoms with Crippen LogP contribution in [0.25, 0.3) is 11.6 Å². The third-order valence-corrected chi connectivity index (χ3v) is 6.63. The lowest BCUT2D eigenvalue weighted by molar-refractivity contribution is -0.138. The highest BCUT2D eigenvalue weighted by Gasteiger charge is 2.33. The first-order valence-electron chi connectivity index (χ1n) is 9.31. The number of nitrogens with one attached hydrogen (secondary N) is 1. The zero-order valence-electron chi connectivity index (χ0n) is 18.0. The molecule has 1 amide bonds. The number of nitrogens with zero attached hydrogens (tertiary/aromatic N) is 1. The van der Waals surface area contributed by atoms with Gasteiger partial charge in [-0.3, -0.25) is 14.6 Å². The first kappa shape index (κ1) is 24.8. The minimum atomic E-state index is -1.74. The number of benzene rings is 1. The standard InChI is InChI=1S/C22H25FN2O4S2/c1-12(2)25-20(18-13(3)7-8-15(29-6)19(18)23)30-11-14(26)16-9-10-17(31-16)22(4,28)21(27)24-5/h7-10,28H,3,11H2,1-2,4-6H3,(H,24,27)/b20-18-. The molecule has 1 atom stereocenters. The Morgan fingerprint density at radius 1 is 1.32 bits per heavy atom. The topological polar surface area (TPSA) is 88.0 Å². The Morgan fingerprint density at radius 3 is 2.58 bits per heavy atom. The molecular formula is C22H25FN2O4S2. The van der Waals surface area contributed by atoms with Crippen molar-refractivity contribution in [3.63, 3.8) is 0 Å². The molecule has 0 spiro atoms. The van der Waals surface area contributed by atoms with Crippen LogP contribution in [0.1, 0.15) is 35.3 Å². The number of ketones is 1. The number of hydrogen-bond acceptors (Lipinski definition) is 7. The smallest absolute Gasteiger partial charge is 0.256 e. The number of hydrogen-bond donors (Lipinski definition) is 2. The van der Waals surface area contributed by atoms with Gasteiger partial charge < -0.3 is 15.2 Å². The summed E-state index contributed by atoms with van der Waals surface area (Å²) < 4.78 is 20.0. The highest BCUT2D eigenvalue weighted by molar-refractivity contribution is 8.08. The van der Waals surface area contributed by atoms with Gasteiger partial charge in [-0.15, -0.1) is 11.3 Å². The number of Topliss-reactive ketones (excluding diaryl/α,β-unsaturated/α-hetero) is 1. The highest BCUT2D eigenvalue weighted by atomic mass is 32.2. The van der Waals surface area contributed by atoms with Gasteiger partial charge in [0.05, 0.1) is 23.0 Å². The molecule has 0 saturated heterocycles. The van der Waals surface area contributed by atoms with E-state index in [9.17, 15) is 19.1 Å².